The lowest BCUT2D eigenvalue weighted by Crippen LogP contribution is -2.13. The van der Waals surface area contributed by atoms with Crippen LogP contribution in [0.3, 0.4) is 0 Å². The van der Waals surface area contributed by atoms with Gasteiger partial charge in [-0.15, -0.1) is 11.3 Å². The summed E-state index contributed by atoms with van der Waals surface area (Å²) in [4.78, 5) is 16.5. The molecule has 3 nitrogen and oxygen atoms in total. The van der Waals surface area contributed by atoms with Gasteiger partial charge in [0.15, 0.2) is 4.34 Å². The topological polar surface area (TPSA) is 39.2 Å². The van der Waals surface area contributed by atoms with E-state index in [2.05, 4.69) is 4.98 Å². The lowest BCUT2D eigenvalue weighted by atomic mass is 10.1. The fraction of sp³-hybridized carbons (Fsp3) is 0.286. The van der Waals surface area contributed by atoms with E-state index in [0.717, 1.165) is 15.6 Å². The minimum absolute atomic E-state index is 0.216. The Bertz CT molecular complexity index is 539. The van der Waals surface area contributed by atoms with E-state index in [0.29, 0.717) is 6.61 Å². The molecule has 0 saturated carbocycles. The first-order valence-electron chi connectivity index (χ1n) is 6.01. The third kappa shape index (κ3) is 3.81. The summed E-state index contributed by atoms with van der Waals surface area (Å²) >= 11 is 3.00. The molecule has 0 saturated heterocycles. The second-order valence-corrected chi connectivity index (χ2v) is 6.13. The molecular formula is C14H15NO2S2. The highest BCUT2D eigenvalue weighted by Crippen LogP contribution is 2.37. The molecule has 1 heterocycles. The van der Waals surface area contributed by atoms with E-state index >= 15 is 0 Å². The third-order valence-corrected chi connectivity index (χ3v) is 4.74. The van der Waals surface area contributed by atoms with Gasteiger partial charge in [-0.25, -0.2) is 4.98 Å². The van der Waals surface area contributed by atoms with Gasteiger partial charge < -0.3 is 4.74 Å². The van der Waals surface area contributed by atoms with Gasteiger partial charge in [-0.2, -0.15) is 0 Å². The number of carbonyl (C=O) groups excluding carboxylic acids is 1. The van der Waals surface area contributed by atoms with Gasteiger partial charge in [-0.3, -0.25) is 4.79 Å². The van der Waals surface area contributed by atoms with Crippen LogP contribution in [-0.4, -0.2) is 17.6 Å². The molecule has 5 heteroatoms. The van der Waals surface area contributed by atoms with E-state index in [1.807, 2.05) is 49.6 Å². The highest BCUT2D eigenvalue weighted by atomic mass is 32.2. The summed E-state index contributed by atoms with van der Waals surface area (Å²) in [6.07, 6.45) is 0. The van der Waals surface area contributed by atoms with Crippen molar-refractivity contribution in [2.45, 2.75) is 23.4 Å². The van der Waals surface area contributed by atoms with Crippen molar-refractivity contribution in [3.8, 4) is 0 Å². The van der Waals surface area contributed by atoms with Gasteiger partial charge in [0.05, 0.1) is 6.61 Å². The number of thiazole rings is 1. The van der Waals surface area contributed by atoms with Crippen LogP contribution >= 0.6 is 23.1 Å². The molecule has 0 radical (unpaired) electrons. The van der Waals surface area contributed by atoms with Crippen LogP contribution < -0.4 is 0 Å². The number of aryl methyl sites for hydroxylation is 1. The van der Waals surface area contributed by atoms with E-state index in [1.54, 1.807) is 11.3 Å². The Morgan fingerprint density at radius 2 is 2.16 bits per heavy atom. The number of ether oxygens (including phenoxy) is 1. The Morgan fingerprint density at radius 3 is 2.74 bits per heavy atom. The quantitative estimate of drug-likeness (QED) is 0.620. The second kappa shape index (κ2) is 6.73. The summed E-state index contributed by atoms with van der Waals surface area (Å²) in [5.41, 5.74) is 1.92. The van der Waals surface area contributed by atoms with Crippen molar-refractivity contribution >= 4 is 29.1 Å². The molecule has 0 aliphatic rings. The van der Waals surface area contributed by atoms with Gasteiger partial charge in [0, 0.05) is 11.1 Å². The molecule has 0 bridgehead atoms. The number of hydrogen-bond donors (Lipinski definition) is 0. The number of benzene rings is 1. The molecule has 1 unspecified atom stereocenters. The van der Waals surface area contributed by atoms with Crippen LogP contribution in [0.5, 0.6) is 0 Å². The molecule has 1 aromatic heterocycles. The monoisotopic (exact) mass is 293 g/mol. The van der Waals surface area contributed by atoms with Crippen molar-refractivity contribution in [3.05, 3.63) is 47.0 Å². The summed E-state index contributed by atoms with van der Waals surface area (Å²) in [5.74, 6) is -0.216. The molecule has 0 aliphatic heterocycles. The van der Waals surface area contributed by atoms with Crippen molar-refractivity contribution < 1.29 is 9.53 Å². The zero-order valence-electron chi connectivity index (χ0n) is 10.8. The van der Waals surface area contributed by atoms with Gasteiger partial charge in [-0.05, 0) is 19.4 Å². The van der Waals surface area contributed by atoms with Gasteiger partial charge in [0.1, 0.15) is 5.25 Å². The van der Waals surface area contributed by atoms with Gasteiger partial charge in [0.25, 0.3) is 0 Å². The first-order chi connectivity index (χ1) is 9.20. The number of nitrogens with zero attached hydrogens (tertiary/aromatic N) is 1. The van der Waals surface area contributed by atoms with E-state index in [4.69, 9.17) is 4.74 Å². The number of aromatic nitrogens is 1. The number of esters is 1. The maximum atomic E-state index is 12.1. The zero-order valence-corrected chi connectivity index (χ0v) is 12.5. The first kappa shape index (κ1) is 14.1. The summed E-state index contributed by atoms with van der Waals surface area (Å²) in [6, 6.07) is 9.67. The molecule has 0 fully saturated rings. The SMILES string of the molecule is CCOC(=O)C(Sc1nc(C)cs1)c1ccccc1. The predicted octanol–water partition coefficient (Wildman–Crippen LogP) is 3.85. The average molecular weight is 293 g/mol. The Morgan fingerprint density at radius 1 is 1.42 bits per heavy atom. The van der Waals surface area contributed by atoms with E-state index in [1.165, 1.54) is 11.8 Å². The average Bonchev–Trinajstić information content (AvgIpc) is 2.83. The Hall–Kier alpha value is -1.33. The van der Waals surface area contributed by atoms with Crippen molar-refractivity contribution in [2.75, 3.05) is 6.61 Å². The van der Waals surface area contributed by atoms with E-state index in [-0.39, 0.29) is 11.2 Å². The standard InChI is InChI=1S/C14H15NO2S2/c1-3-17-13(16)12(11-7-5-4-6-8-11)19-14-15-10(2)9-18-14/h4-9,12H,3H2,1-2H3. The van der Waals surface area contributed by atoms with Crippen LogP contribution in [0, 0.1) is 6.92 Å². The van der Waals surface area contributed by atoms with Crippen molar-refractivity contribution in [1.82, 2.24) is 4.98 Å². The molecule has 0 aliphatic carbocycles. The van der Waals surface area contributed by atoms with Crippen LogP contribution in [0.15, 0.2) is 40.1 Å². The minimum Gasteiger partial charge on any atom is -0.465 e. The van der Waals surface area contributed by atoms with Crippen LogP contribution in [0.4, 0.5) is 0 Å². The molecule has 19 heavy (non-hydrogen) atoms. The molecule has 2 aromatic rings. The van der Waals surface area contributed by atoms with Gasteiger partial charge in [0.2, 0.25) is 0 Å². The third-order valence-electron chi connectivity index (χ3n) is 2.42. The molecule has 1 atom stereocenters. The van der Waals surface area contributed by atoms with Crippen molar-refractivity contribution in [3.63, 3.8) is 0 Å². The normalized spacial score (nSPS) is 12.1. The summed E-state index contributed by atoms with van der Waals surface area (Å²) in [7, 11) is 0. The fourth-order valence-corrected chi connectivity index (χ4v) is 3.62. The van der Waals surface area contributed by atoms with Crippen molar-refractivity contribution in [1.29, 1.82) is 0 Å². The highest BCUT2D eigenvalue weighted by molar-refractivity contribution is 8.01. The maximum Gasteiger partial charge on any atom is 0.324 e. The molecule has 0 amide bonds. The Labute approximate surface area is 121 Å². The maximum absolute atomic E-state index is 12.1. The fourth-order valence-electron chi connectivity index (χ4n) is 1.59. The summed E-state index contributed by atoms with van der Waals surface area (Å²) < 4.78 is 6.04. The second-order valence-electron chi connectivity index (χ2n) is 3.92. The molecule has 100 valence electrons. The Kier molecular flexibility index (Phi) is 4.99. The van der Waals surface area contributed by atoms with Gasteiger partial charge in [-0.1, -0.05) is 42.1 Å². The number of thioether (sulfide) groups is 1. The number of hydrogen-bond acceptors (Lipinski definition) is 5. The van der Waals surface area contributed by atoms with Gasteiger partial charge >= 0.3 is 5.97 Å². The van der Waals surface area contributed by atoms with E-state index in [9.17, 15) is 4.79 Å². The van der Waals surface area contributed by atoms with Crippen LogP contribution in [0.2, 0.25) is 0 Å². The highest BCUT2D eigenvalue weighted by Gasteiger charge is 2.24. The largest absolute Gasteiger partial charge is 0.465 e. The van der Waals surface area contributed by atoms with Crippen LogP contribution in [-0.2, 0) is 9.53 Å². The van der Waals surface area contributed by atoms with Crippen molar-refractivity contribution in [2.24, 2.45) is 0 Å². The molecule has 1 aromatic carbocycles. The summed E-state index contributed by atoms with van der Waals surface area (Å²) in [5, 5.41) is 1.63. The number of rotatable bonds is 5. The van der Waals surface area contributed by atoms with E-state index < -0.39 is 0 Å². The molecule has 0 N–H and O–H groups in total. The first-order valence-corrected chi connectivity index (χ1v) is 7.77. The van der Waals surface area contributed by atoms with Crippen LogP contribution in [0.1, 0.15) is 23.4 Å². The predicted molar refractivity (Wildman–Crippen MR) is 78.5 cm³/mol. The molecule has 0 spiro atoms. The molecule has 2 rings (SSSR count). The Balaban J connectivity index is 2.22. The smallest absolute Gasteiger partial charge is 0.324 e. The van der Waals surface area contributed by atoms with Crippen LogP contribution in [0.25, 0.3) is 0 Å². The minimum atomic E-state index is -0.355. The molecular weight excluding hydrogens is 278 g/mol. The summed E-state index contributed by atoms with van der Waals surface area (Å²) in [6.45, 7) is 4.15. The number of carbonyl (C=O) groups is 1. The lowest BCUT2D eigenvalue weighted by molar-refractivity contribution is -0.142. The zero-order chi connectivity index (χ0) is 13.7. The lowest BCUT2D eigenvalue weighted by Gasteiger charge is -2.14.